The second-order valence-electron chi connectivity index (χ2n) is 5.37. The van der Waals surface area contributed by atoms with E-state index in [1.807, 2.05) is 0 Å². The minimum absolute atomic E-state index is 0.139. The first-order chi connectivity index (χ1) is 11.7. The quantitative estimate of drug-likeness (QED) is 0.834. The Hall–Kier alpha value is -2.68. The fourth-order valence-electron chi connectivity index (χ4n) is 2.50. The average Bonchev–Trinajstić information content (AvgIpc) is 3.02. The summed E-state index contributed by atoms with van der Waals surface area (Å²) in [6.45, 7) is 5.10. The van der Waals surface area contributed by atoms with Crippen molar-refractivity contribution in [1.29, 1.82) is 0 Å². The number of methoxy groups -OCH3 is 2. The molecule has 0 aliphatic carbocycles. The van der Waals surface area contributed by atoms with Crippen LogP contribution in [0.2, 0.25) is 0 Å². The van der Waals surface area contributed by atoms with E-state index in [1.165, 1.54) is 14.2 Å². The third-order valence-electron chi connectivity index (χ3n) is 3.87. The van der Waals surface area contributed by atoms with Gasteiger partial charge in [0.15, 0.2) is 0 Å². The third kappa shape index (κ3) is 3.27. The van der Waals surface area contributed by atoms with E-state index in [2.05, 4.69) is 10.4 Å². The number of carbonyl (C=O) groups excluding carboxylic acids is 3. The number of nitrogens with one attached hydrogen (secondary N) is 1. The SMILES string of the molecule is COC(=O)c1sc(NC(=O)c2c(C)nn(C)c2C)c(C(=O)OC)c1C. The fraction of sp³-hybridized carbons (Fsp3) is 0.375. The first kappa shape index (κ1) is 18.7. The Kier molecular flexibility index (Phi) is 5.27. The van der Waals surface area contributed by atoms with Crippen LogP contribution in [0.15, 0.2) is 0 Å². The van der Waals surface area contributed by atoms with Crippen molar-refractivity contribution in [1.82, 2.24) is 9.78 Å². The topological polar surface area (TPSA) is 99.5 Å². The molecule has 0 radical (unpaired) electrons. The average molecular weight is 365 g/mol. The van der Waals surface area contributed by atoms with Crippen LogP contribution in [-0.4, -0.2) is 41.8 Å². The Bertz CT molecular complexity index is 866. The van der Waals surface area contributed by atoms with Crippen LogP contribution >= 0.6 is 11.3 Å². The predicted molar refractivity (Wildman–Crippen MR) is 92.4 cm³/mol. The number of ether oxygens (including phenoxy) is 2. The molecule has 1 amide bonds. The molecule has 25 heavy (non-hydrogen) atoms. The van der Waals surface area contributed by atoms with E-state index >= 15 is 0 Å². The molecule has 0 saturated heterocycles. The minimum Gasteiger partial charge on any atom is -0.465 e. The minimum atomic E-state index is -0.640. The Morgan fingerprint density at radius 1 is 1.04 bits per heavy atom. The first-order valence-corrected chi connectivity index (χ1v) is 8.16. The van der Waals surface area contributed by atoms with E-state index in [4.69, 9.17) is 9.47 Å². The van der Waals surface area contributed by atoms with Crippen molar-refractivity contribution < 1.29 is 23.9 Å². The number of hydrogen-bond acceptors (Lipinski definition) is 7. The normalized spacial score (nSPS) is 10.5. The zero-order valence-corrected chi connectivity index (χ0v) is 15.7. The molecule has 0 unspecified atom stereocenters. The lowest BCUT2D eigenvalue weighted by Crippen LogP contribution is -2.16. The number of amides is 1. The Labute approximate surface area is 148 Å². The number of hydrogen-bond donors (Lipinski definition) is 1. The van der Waals surface area contributed by atoms with Crippen molar-refractivity contribution in [3.05, 3.63) is 33.0 Å². The van der Waals surface area contributed by atoms with Crippen molar-refractivity contribution in [2.45, 2.75) is 20.8 Å². The molecule has 2 rings (SSSR count). The highest BCUT2D eigenvalue weighted by Gasteiger charge is 2.28. The van der Waals surface area contributed by atoms with Crippen molar-refractivity contribution in [2.75, 3.05) is 19.5 Å². The van der Waals surface area contributed by atoms with Crippen LogP contribution in [0.4, 0.5) is 5.00 Å². The van der Waals surface area contributed by atoms with E-state index in [9.17, 15) is 14.4 Å². The highest BCUT2D eigenvalue weighted by molar-refractivity contribution is 7.18. The molecule has 0 atom stereocenters. The van der Waals surface area contributed by atoms with Crippen LogP contribution in [0.5, 0.6) is 0 Å². The fourth-order valence-corrected chi connectivity index (χ4v) is 3.61. The number of rotatable bonds is 4. The summed E-state index contributed by atoms with van der Waals surface area (Å²) in [5.74, 6) is -1.63. The molecule has 0 spiro atoms. The van der Waals surface area contributed by atoms with E-state index in [-0.39, 0.29) is 15.4 Å². The van der Waals surface area contributed by atoms with Gasteiger partial charge >= 0.3 is 11.9 Å². The molecule has 8 nitrogen and oxygen atoms in total. The summed E-state index contributed by atoms with van der Waals surface area (Å²) in [4.78, 5) is 36.9. The van der Waals surface area contributed by atoms with Crippen LogP contribution in [-0.2, 0) is 16.5 Å². The van der Waals surface area contributed by atoms with Crippen LogP contribution in [0, 0.1) is 20.8 Å². The van der Waals surface area contributed by atoms with Gasteiger partial charge in [0.05, 0.1) is 31.0 Å². The Balaban J connectivity index is 2.49. The van der Waals surface area contributed by atoms with Gasteiger partial charge in [0.25, 0.3) is 5.91 Å². The lowest BCUT2D eigenvalue weighted by Gasteiger charge is -2.06. The molecule has 0 bridgehead atoms. The lowest BCUT2D eigenvalue weighted by molar-refractivity contribution is 0.0601. The van der Waals surface area contributed by atoms with E-state index in [1.54, 1.807) is 32.5 Å². The summed E-state index contributed by atoms with van der Waals surface area (Å²) in [6, 6.07) is 0. The van der Waals surface area contributed by atoms with Gasteiger partial charge in [-0.15, -0.1) is 11.3 Å². The maximum atomic E-state index is 12.7. The summed E-state index contributed by atoms with van der Waals surface area (Å²) < 4.78 is 11.1. The number of thiophene rings is 1. The highest BCUT2D eigenvalue weighted by Crippen LogP contribution is 2.34. The Morgan fingerprint density at radius 2 is 1.64 bits per heavy atom. The van der Waals surface area contributed by atoms with Crippen molar-refractivity contribution in [2.24, 2.45) is 7.05 Å². The molecule has 0 aliphatic heterocycles. The summed E-state index contributed by atoms with van der Waals surface area (Å²) in [5.41, 5.74) is 2.22. The maximum absolute atomic E-state index is 12.7. The predicted octanol–water partition coefficient (Wildman–Crippen LogP) is 2.23. The lowest BCUT2D eigenvalue weighted by atomic mass is 10.1. The summed E-state index contributed by atoms with van der Waals surface area (Å²) in [7, 11) is 4.22. The van der Waals surface area contributed by atoms with Crippen LogP contribution in [0.1, 0.15) is 47.3 Å². The molecular formula is C16H19N3O5S. The van der Waals surface area contributed by atoms with Gasteiger partial charge in [-0.05, 0) is 26.3 Å². The van der Waals surface area contributed by atoms with Crippen molar-refractivity contribution in [3.8, 4) is 0 Å². The van der Waals surface area contributed by atoms with Gasteiger partial charge in [0.1, 0.15) is 9.88 Å². The zero-order valence-electron chi connectivity index (χ0n) is 14.8. The van der Waals surface area contributed by atoms with Gasteiger partial charge in [-0.2, -0.15) is 5.10 Å². The van der Waals surface area contributed by atoms with Crippen LogP contribution in [0.3, 0.4) is 0 Å². The maximum Gasteiger partial charge on any atom is 0.348 e. The van der Waals surface area contributed by atoms with Gasteiger partial charge in [-0.3, -0.25) is 9.48 Å². The molecule has 0 fully saturated rings. The van der Waals surface area contributed by atoms with E-state index < -0.39 is 17.8 Å². The van der Waals surface area contributed by atoms with Crippen LogP contribution in [0.25, 0.3) is 0 Å². The number of aromatic nitrogens is 2. The highest BCUT2D eigenvalue weighted by atomic mass is 32.1. The second kappa shape index (κ2) is 7.06. The zero-order chi connectivity index (χ0) is 18.9. The number of nitrogens with zero attached hydrogens (tertiary/aromatic N) is 2. The van der Waals surface area contributed by atoms with Gasteiger partial charge in [-0.1, -0.05) is 0 Å². The smallest absolute Gasteiger partial charge is 0.348 e. The molecule has 2 heterocycles. The van der Waals surface area contributed by atoms with Gasteiger partial charge < -0.3 is 14.8 Å². The summed E-state index contributed by atoms with van der Waals surface area (Å²) in [5, 5.41) is 7.13. The molecule has 1 N–H and O–H groups in total. The second-order valence-corrected chi connectivity index (χ2v) is 6.39. The number of anilines is 1. The standard InChI is InChI=1S/C16H19N3O5S/c1-7-10(15(21)23-5)14(25-12(7)16(22)24-6)17-13(20)11-8(2)18-19(4)9(11)3/h1-6H3,(H,17,20). The largest absolute Gasteiger partial charge is 0.465 e. The summed E-state index contributed by atoms with van der Waals surface area (Å²) >= 11 is 0.969. The third-order valence-corrected chi connectivity index (χ3v) is 5.06. The molecule has 2 aromatic rings. The van der Waals surface area contributed by atoms with Crippen LogP contribution < -0.4 is 5.32 Å². The van der Waals surface area contributed by atoms with Gasteiger partial charge in [0.2, 0.25) is 0 Å². The van der Waals surface area contributed by atoms with Crippen molar-refractivity contribution in [3.63, 3.8) is 0 Å². The van der Waals surface area contributed by atoms with Crippen molar-refractivity contribution >= 4 is 34.2 Å². The van der Waals surface area contributed by atoms with Gasteiger partial charge in [0, 0.05) is 12.7 Å². The molecule has 9 heteroatoms. The molecule has 0 aliphatic rings. The molecule has 2 aromatic heterocycles. The molecule has 0 saturated carbocycles. The number of carbonyl (C=O) groups is 3. The summed E-state index contributed by atoms with van der Waals surface area (Å²) in [6.07, 6.45) is 0. The number of esters is 2. The van der Waals surface area contributed by atoms with Gasteiger partial charge in [-0.25, -0.2) is 9.59 Å². The molecule has 0 aromatic carbocycles. The molecular weight excluding hydrogens is 346 g/mol. The van der Waals surface area contributed by atoms with E-state index in [0.29, 0.717) is 22.5 Å². The first-order valence-electron chi connectivity index (χ1n) is 7.34. The van der Waals surface area contributed by atoms with E-state index in [0.717, 1.165) is 11.3 Å². The number of aryl methyl sites for hydroxylation is 2. The molecule has 134 valence electrons. The monoisotopic (exact) mass is 365 g/mol. The Morgan fingerprint density at radius 3 is 2.12 bits per heavy atom.